The number of nitrogens with one attached hydrogen (secondary N) is 1. The summed E-state index contributed by atoms with van der Waals surface area (Å²) in [6.45, 7) is 9.76. The van der Waals surface area contributed by atoms with E-state index in [1.807, 2.05) is 95.3 Å². The van der Waals surface area contributed by atoms with Crippen molar-refractivity contribution in [3.8, 4) is 0 Å². The molecule has 0 aliphatic carbocycles. The Morgan fingerprint density at radius 3 is 2.02 bits per heavy atom. The highest BCUT2D eigenvalue weighted by Crippen LogP contribution is 2.27. The molecule has 4 aromatic rings. The van der Waals surface area contributed by atoms with Crippen LogP contribution in [0.2, 0.25) is 0 Å². The van der Waals surface area contributed by atoms with E-state index in [1.165, 1.54) is 4.31 Å². The number of nitrogens with zero attached hydrogens (tertiary/aromatic N) is 2. The fourth-order valence-electron chi connectivity index (χ4n) is 5.35. The van der Waals surface area contributed by atoms with E-state index in [2.05, 4.69) is 5.32 Å². The molecule has 7 nitrogen and oxygen atoms in total. The van der Waals surface area contributed by atoms with Crippen LogP contribution in [0.25, 0.3) is 0 Å². The second-order valence-corrected chi connectivity index (χ2v) is 13.5. The maximum atomic E-state index is 14.6. The third kappa shape index (κ3) is 8.60. The monoisotopic (exact) mass is 625 g/mol. The van der Waals surface area contributed by atoms with E-state index >= 15 is 0 Å². The van der Waals surface area contributed by atoms with Gasteiger partial charge in [0.15, 0.2) is 0 Å². The highest BCUT2D eigenvalue weighted by Gasteiger charge is 2.34. The second-order valence-electron chi connectivity index (χ2n) is 11.6. The molecule has 0 unspecified atom stereocenters. The maximum absolute atomic E-state index is 14.6. The zero-order chi connectivity index (χ0) is 32.6. The lowest BCUT2D eigenvalue weighted by Crippen LogP contribution is -2.53. The van der Waals surface area contributed by atoms with E-state index in [0.717, 1.165) is 39.8 Å². The van der Waals surface area contributed by atoms with Gasteiger partial charge in [-0.3, -0.25) is 13.9 Å². The largest absolute Gasteiger partial charge is 0.354 e. The van der Waals surface area contributed by atoms with Gasteiger partial charge in [-0.1, -0.05) is 85.3 Å². The van der Waals surface area contributed by atoms with E-state index in [0.29, 0.717) is 12.2 Å². The average Bonchev–Trinajstić information content (AvgIpc) is 3.01. The number of anilines is 1. The van der Waals surface area contributed by atoms with E-state index in [9.17, 15) is 18.0 Å². The van der Waals surface area contributed by atoms with Gasteiger partial charge in [-0.05, 0) is 86.2 Å². The molecule has 0 saturated carbocycles. The van der Waals surface area contributed by atoms with E-state index in [4.69, 9.17) is 0 Å². The molecule has 45 heavy (non-hydrogen) atoms. The molecule has 0 radical (unpaired) electrons. The SMILES string of the molecule is CCCNC(=O)[C@H](Cc1ccccc1)N(Cc1ccccc1C)C(=O)CN(c1cc(C)cc(C)c1)S(=O)(=O)c1ccc(C)cc1. The number of rotatable bonds is 13. The molecule has 4 aromatic carbocycles. The number of sulfonamides is 1. The molecule has 0 aromatic heterocycles. The van der Waals surface area contributed by atoms with Crippen molar-refractivity contribution < 1.29 is 18.0 Å². The Hall–Kier alpha value is -4.43. The van der Waals surface area contributed by atoms with Crippen molar-refractivity contribution in [3.63, 3.8) is 0 Å². The molecule has 236 valence electrons. The Morgan fingerprint density at radius 1 is 0.778 bits per heavy atom. The summed E-state index contributed by atoms with van der Waals surface area (Å²) in [5.41, 5.74) is 5.82. The molecule has 2 amide bonds. The van der Waals surface area contributed by atoms with Crippen LogP contribution in [0.3, 0.4) is 0 Å². The summed E-state index contributed by atoms with van der Waals surface area (Å²) in [5.74, 6) is -0.748. The van der Waals surface area contributed by atoms with E-state index in [1.54, 1.807) is 41.3 Å². The van der Waals surface area contributed by atoms with Gasteiger partial charge >= 0.3 is 0 Å². The van der Waals surface area contributed by atoms with Gasteiger partial charge in [-0.2, -0.15) is 0 Å². The van der Waals surface area contributed by atoms with Crippen molar-refractivity contribution in [2.75, 3.05) is 17.4 Å². The van der Waals surface area contributed by atoms with Crippen LogP contribution in [0.4, 0.5) is 5.69 Å². The summed E-state index contributed by atoms with van der Waals surface area (Å²) >= 11 is 0. The number of benzene rings is 4. The first-order chi connectivity index (χ1) is 21.5. The van der Waals surface area contributed by atoms with Gasteiger partial charge in [0.1, 0.15) is 12.6 Å². The molecule has 4 rings (SSSR count). The summed E-state index contributed by atoms with van der Waals surface area (Å²) in [6.07, 6.45) is 1.02. The number of carbonyl (C=O) groups is 2. The lowest BCUT2D eigenvalue weighted by Gasteiger charge is -2.34. The number of amides is 2. The van der Waals surface area contributed by atoms with Crippen molar-refractivity contribution in [3.05, 3.63) is 130 Å². The van der Waals surface area contributed by atoms with Crippen molar-refractivity contribution in [2.45, 2.75) is 64.9 Å². The standard InChI is InChI=1S/C37H43N3O4S/c1-6-20-38-37(42)35(24-31-13-8-7-9-14-31)39(25-32-15-11-10-12-30(32)5)36(41)26-40(33-22-28(3)21-29(4)23-33)45(43,44)34-18-16-27(2)17-19-34/h7-19,21-23,35H,6,20,24-26H2,1-5H3,(H,38,42)/t35-/m0/s1. The first kappa shape index (κ1) is 33.5. The molecular formula is C37H43N3O4S. The van der Waals surface area contributed by atoms with Crippen LogP contribution in [0, 0.1) is 27.7 Å². The third-order valence-corrected chi connectivity index (χ3v) is 9.59. The van der Waals surface area contributed by atoms with Gasteiger partial charge in [0, 0.05) is 19.5 Å². The molecule has 0 bridgehead atoms. The minimum absolute atomic E-state index is 0.0898. The van der Waals surface area contributed by atoms with Gasteiger partial charge in [-0.15, -0.1) is 0 Å². The number of carbonyl (C=O) groups excluding carboxylic acids is 2. The molecule has 1 atom stereocenters. The summed E-state index contributed by atoms with van der Waals surface area (Å²) in [7, 11) is -4.15. The number of aryl methyl sites for hydroxylation is 4. The average molecular weight is 626 g/mol. The predicted octanol–water partition coefficient (Wildman–Crippen LogP) is 6.28. The molecule has 0 heterocycles. The minimum Gasteiger partial charge on any atom is -0.354 e. The minimum atomic E-state index is -4.15. The summed E-state index contributed by atoms with van der Waals surface area (Å²) in [4.78, 5) is 30.0. The van der Waals surface area contributed by atoms with Gasteiger partial charge in [0.25, 0.3) is 10.0 Å². The molecular weight excluding hydrogens is 582 g/mol. The number of hydrogen-bond donors (Lipinski definition) is 1. The second kappa shape index (κ2) is 15.0. The molecule has 1 N–H and O–H groups in total. The summed E-state index contributed by atoms with van der Waals surface area (Å²) < 4.78 is 29.7. The van der Waals surface area contributed by atoms with Crippen molar-refractivity contribution in [1.29, 1.82) is 0 Å². The third-order valence-electron chi connectivity index (χ3n) is 7.80. The Kier molecular flexibility index (Phi) is 11.2. The fraction of sp³-hybridized carbons (Fsp3) is 0.297. The van der Waals surface area contributed by atoms with Gasteiger partial charge < -0.3 is 10.2 Å². The zero-order valence-electron chi connectivity index (χ0n) is 26.8. The lowest BCUT2D eigenvalue weighted by atomic mass is 10.0. The first-order valence-electron chi connectivity index (χ1n) is 15.3. The molecule has 0 saturated heterocycles. The van der Waals surface area contributed by atoms with Crippen LogP contribution in [0.1, 0.15) is 46.7 Å². The topological polar surface area (TPSA) is 86.8 Å². The Labute approximate surface area is 268 Å². The maximum Gasteiger partial charge on any atom is 0.264 e. The Balaban J connectivity index is 1.83. The van der Waals surface area contributed by atoms with Crippen LogP contribution in [-0.2, 0) is 32.6 Å². The summed E-state index contributed by atoms with van der Waals surface area (Å²) in [5, 5.41) is 2.99. The van der Waals surface area contributed by atoms with Gasteiger partial charge in [0.2, 0.25) is 11.8 Å². The van der Waals surface area contributed by atoms with Crippen LogP contribution < -0.4 is 9.62 Å². The van der Waals surface area contributed by atoms with Crippen molar-refractivity contribution >= 4 is 27.5 Å². The molecule has 0 spiro atoms. The smallest absolute Gasteiger partial charge is 0.264 e. The van der Waals surface area contributed by atoms with Crippen LogP contribution >= 0.6 is 0 Å². The highest BCUT2D eigenvalue weighted by atomic mass is 32.2. The van der Waals surface area contributed by atoms with Crippen LogP contribution in [0.15, 0.2) is 102 Å². The predicted molar refractivity (Wildman–Crippen MR) is 181 cm³/mol. The van der Waals surface area contributed by atoms with Crippen LogP contribution in [0.5, 0.6) is 0 Å². The van der Waals surface area contributed by atoms with E-state index < -0.39 is 28.5 Å². The molecule has 0 aliphatic heterocycles. The molecule has 0 fully saturated rings. The molecule has 8 heteroatoms. The van der Waals surface area contributed by atoms with E-state index in [-0.39, 0.29) is 23.8 Å². The summed E-state index contributed by atoms with van der Waals surface area (Å²) in [6, 6.07) is 28.5. The highest BCUT2D eigenvalue weighted by molar-refractivity contribution is 7.92. The van der Waals surface area contributed by atoms with Crippen molar-refractivity contribution in [2.24, 2.45) is 0 Å². The number of hydrogen-bond acceptors (Lipinski definition) is 4. The van der Waals surface area contributed by atoms with Crippen LogP contribution in [-0.4, -0.2) is 44.3 Å². The zero-order valence-corrected chi connectivity index (χ0v) is 27.6. The first-order valence-corrected chi connectivity index (χ1v) is 16.8. The van der Waals surface area contributed by atoms with Gasteiger partial charge in [-0.25, -0.2) is 8.42 Å². The van der Waals surface area contributed by atoms with Gasteiger partial charge in [0.05, 0.1) is 10.6 Å². The molecule has 0 aliphatic rings. The Morgan fingerprint density at radius 2 is 1.40 bits per heavy atom. The lowest BCUT2D eigenvalue weighted by molar-refractivity contribution is -0.140. The van der Waals surface area contributed by atoms with Crippen molar-refractivity contribution in [1.82, 2.24) is 10.2 Å². The fourth-order valence-corrected chi connectivity index (χ4v) is 6.75. The quantitative estimate of drug-likeness (QED) is 0.190. The Bertz CT molecular complexity index is 1700. The normalized spacial score (nSPS) is 11.9.